The maximum atomic E-state index is 11.7. The highest BCUT2D eigenvalue weighted by Crippen LogP contribution is 2.35. The van der Waals surface area contributed by atoms with Gasteiger partial charge in [-0.25, -0.2) is 0 Å². The third-order valence-corrected chi connectivity index (χ3v) is 2.58. The van der Waals surface area contributed by atoms with Gasteiger partial charge in [-0.1, -0.05) is 0 Å². The summed E-state index contributed by atoms with van der Waals surface area (Å²) in [4.78, 5) is 28.5. The lowest BCUT2D eigenvalue weighted by Crippen LogP contribution is -2.43. The molecule has 0 aromatic heterocycles. The molecule has 0 aliphatic carbocycles. The van der Waals surface area contributed by atoms with Gasteiger partial charge >= 0.3 is 0 Å². The van der Waals surface area contributed by atoms with Crippen LogP contribution in [-0.4, -0.2) is 31.5 Å². The molecule has 0 radical (unpaired) electrons. The molecule has 2 rings (SSSR count). The minimum absolute atomic E-state index is 0.0751. The summed E-state index contributed by atoms with van der Waals surface area (Å²) in [5.41, 5.74) is 1.03. The van der Waals surface area contributed by atoms with E-state index < -0.39 is 4.92 Å². The summed E-state index contributed by atoms with van der Waals surface area (Å²) in [6, 6.07) is 4.33. The Balaban J connectivity index is 2.55. The number of hydrogen-bond acceptors (Lipinski definition) is 5. The fourth-order valence-electron chi connectivity index (χ4n) is 1.80. The zero-order valence-corrected chi connectivity index (χ0v) is 9.41. The molecule has 0 bridgehead atoms. The number of rotatable bonds is 2. The summed E-state index contributed by atoms with van der Waals surface area (Å²) in [5.74, 6) is -0.261. The van der Waals surface area contributed by atoms with Gasteiger partial charge in [0.2, 0.25) is 0 Å². The smallest absolute Gasteiger partial charge is 0.271 e. The molecule has 7 heteroatoms. The van der Waals surface area contributed by atoms with Gasteiger partial charge in [0.15, 0.2) is 0 Å². The summed E-state index contributed by atoms with van der Waals surface area (Å²) in [5, 5.41) is 11.8. The van der Waals surface area contributed by atoms with E-state index in [1.165, 1.54) is 19.2 Å². The van der Waals surface area contributed by atoms with Gasteiger partial charge in [-0.05, 0) is 6.07 Å². The number of anilines is 2. The Kier molecular flexibility index (Phi) is 2.68. The van der Waals surface area contributed by atoms with Gasteiger partial charge in [0.1, 0.15) is 5.69 Å². The Morgan fingerprint density at radius 1 is 1.41 bits per heavy atom. The lowest BCUT2D eigenvalue weighted by molar-refractivity contribution is -0.384. The van der Waals surface area contributed by atoms with Crippen molar-refractivity contribution in [3.8, 4) is 0 Å². The van der Waals surface area contributed by atoms with Crippen molar-refractivity contribution in [2.75, 3.05) is 30.7 Å². The fourth-order valence-corrected chi connectivity index (χ4v) is 1.80. The third kappa shape index (κ3) is 1.80. The zero-order chi connectivity index (χ0) is 12.6. The van der Waals surface area contributed by atoms with E-state index in [4.69, 9.17) is 4.84 Å². The molecule has 1 heterocycles. The normalized spacial score (nSPS) is 14.8. The third-order valence-electron chi connectivity index (χ3n) is 2.58. The number of nitrogens with zero attached hydrogens (tertiary/aromatic N) is 3. The zero-order valence-electron chi connectivity index (χ0n) is 9.41. The molecule has 1 amide bonds. The lowest BCUT2D eigenvalue weighted by atomic mass is 10.2. The van der Waals surface area contributed by atoms with Gasteiger partial charge < -0.3 is 4.90 Å². The van der Waals surface area contributed by atoms with Gasteiger partial charge in [0.05, 0.1) is 24.3 Å². The maximum Gasteiger partial charge on any atom is 0.271 e. The SMILES string of the molecule is CON1C(=O)CN(C)c2ccc([N+](=O)[O-])cc21. The molecule has 0 fully saturated rings. The van der Waals surface area contributed by atoms with Crippen LogP contribution in [0.4, 0.5) is 17.1 Å². The van der Waals surface area contributed by atoms with E-state index in [1.54, 1.807) is 18.0 Å². The summed E-state index contributed by atoms with van der Waals surface area (Å²) in [7, 11) is 3.10. The number of benzene rings is 1. The molecule has 0 atom stereocenters. The van der Waals surface area contributed by atoms with Crippen LogP contribution in [0, 0.1) is 10.1 Å². The van der Waals surface area contributed by atoms with Crippen LogP contribution in [0.3, 0.4) is 0 Å². The van der Waals surface area contributed by atoms with Gasteiger partial charge in [0, 0.05) is 19.2 Å². The number of hydroxylamine groups is 1. The van der Waals surface area contributed by atoms with Crippen LogP contribution in [-0.2, 0) is 9.63 Å². The van der Waals surface area contributed by atoms with Crippen molar-refractivity contribution in [3.63, 3.8) is 0 Å². The van der Waals surface area contributed by atoms with Crippen molar-refractivity contribution in [2.45, 2.75) is 0 Å². The van der Waals surface area contributed by atoms with Crippen molar-refractivity contribution in [1.82, 2.24) is 0 Å². The van der Waals surface area contributed by atoms with Crippen molar-refractivity contribution in [1.29, 1.82) is 0 Å². The molecule has 1 aromatic carbocycles. The van der Waals surface area contributed by atoms with E-state index in [2.05, 4.69) is 0 Å². The summed E-state index contributed by atoms with van der Waals surface area (Å²) >= 11 is 0. The predicted molar refractivity (Wildman–Crippen MR) is 60.9 cm³/mol. The van der Waals surface area contributed by atoms with Crippen LogP contribution in [0.5, 0.6) is 0 Å². The molecule has 0 spiro atoms. The van der Waals surface area contributed by atoms with Gasteiger partial charge in [-0.15, -0.1) is 0 Å². The van der Waals surface area contributed by atoms with Gasteiger partial charge in [0.25, 0.3) is 11.6 Å². The molecule has 0 unspecified atom stereocenters. The minimum atomic E-state index is -0.507. The van der Waals surface area contributed by atoms with Crippen LogP contribution in [0.25, 0.3) is 0 Å². The summed E-state index contributed by atoms with van der Waals surface area (Å²) < 4.78 is 0. The Morgan fingerprint density at radius 2 is 2.12 bits per heavy atom. The second kappa shape index (κ2) is 4.02. The summed E-state index contributed by atoms with van der Waals surface area (Å²) in [6.45, 7) is 0.179. The molecule has 0 saturated carbocycles. The monoisotopic (exact) mass is 237 g/mol. The molecule has 7 nitrogen and oxygen atoms in total. The molecule has 1 aliphatic heterocycles. The average Bonchev–Trinajstić information content (AvgIpc) is 2.28. The number of carbonyl (C=O) groups is 1. The van der Waals surface area contributed by atoms with E-state index >= 15 is 0 Å². The number of carbonyl (C=O) groups excluding carboxylic acids is 1. The highest BCUT2D eigenvalue weighted by molar-refractivity contribution is 6.01. The van der Waals surface area contributed by atoms with E-state index in [0.29, 0.717) is 5.69 Å². The standard InChI is InChI=1S/C10H11N3O4/c1-11-6-10(14)12(17-2)9-5-7(13(15)16)3-4-8(9)11/h3-5H,6H2,1-2H3. The number of nitro groups is 1. The fraction of sp³-hybridized carbons (Fsp3) is 0.300. The molecule has 0 N–H and O–H groups in total. The molecular weight excluding hydrogens is 226 g/mol. The first-order valence-corrected chi connectivity index (χ1v) is 4.91. The molecule has 1 aliphatic rings. The Hall–Kier alpha value is -2.15. The van der Waals surface area contributed by atoms with Crippen LogP contribution >= 0.6 is 0 Å². The van der Waals surface area contributed by atoms with Crippen molar-refractivity contribution in [2.24, 2.45) is 0 Å². The quantitative estimate of drug-likeness (QED) is 0.565. The number of fused-ring (bicyclic) bond motifs is 1. The van der Waals surface area contributed by atoms with Gasteiger partial charge in [-0.2, -0.15) is 5.06 Å². The lowest BCUT2D eigenvalue weighted by Gasteiger charge is -2.32. The van der Waals surface area contributed by atoms with Crippen LogP contribution in [0.1, 0.15) is 0 Å². The molecular formula is C10H11N3O4. The van der Waals surface area contributed by atoms with E-state index in [9.17, 15) is 14.9 Å². The molecule has 90 valence electrons. The Bertz CT molecular complexity index is 488. The Morgan fingerprint density at radius 3 is 2.71 bits per heavy atom. The average molecular weight is 237 g/mol. The first-order valence-electron chi connectivity index (χ1n) is 4.91. The first-order chi connectivity index (χ1) is 8.04. The topological polar surface area (TPSA) is 75.9 Å². The minimum Gasteiger partial charge on any atom is -0.363 e. The van der Waals surface area contributed by atoms with E-state index in [0.717, 1.165) is 10.8 Å². The van der Waals surface area contributed by atoms with Crippen molar-refractivity contribution >= 4 is 23.0 Å². The highest BCUT2D eigenvalue weighted by Gasteiger charge is 2.29. The highest BCUT2D eigenvalue weighted by atomic mass is 16.7. The maximum absolute atomic E-state index is 11.7. The molecule has 1 aromatic rings. The van der Waals surface area contributed by atoms with Crippen LogP contribution < -0.4 is 9.96 Å². The number of non-ortho nitro benzene ring substituents is 1. The second-order valence-corrected chi connectivity index (χ2v) is 3.66. The number of amides is 1. The Labute approximate surface area is 97.3 Å². The molecule has 17 heavy (non-hydrogen) atoms. The number of hydrogen-bond donors (Lipinski definition) is 0. The number of nitro benzene ring substituents is 1. The predicted octanol–water partition coefficient (Wildman–Crippen LogP) is 0.939. The number of likely N-dealkylation sites (N-methyl/N-ethyl adjacent to an activating group) is 1. The second-order valence-electron chi connectivity index (χ2n) is 3.66. The van der Waals surface area contributed by atoms with Crippen LogP contribution in [0.2, 0.25) is 0 Å². The van der Waals surface area contributed by atoms with Crippen LogP contribution in [0.15, 0.2) is 18.2 Å². The molecule has 0 saturated heterocycles. The van der Waals surface area contributed by atoms with Crippen molar-refractivity contribution in [3.05, 3.63) is 28.3 Å². The van der Waals surface area contributed by atoms with Crippen molar-refractivity contribution < 1.29 is 14.6 Å². The van der Waals surface area contributed by atoms with Gasteiger partial charge in [-0.3, -0.25) is 19.7 Å². The van der Waals surface area contributed by atoms with E-state index in [1.807, 2.05) is 0 Å². The largest absolute Gasteiger partial charge is 0.363 e. The van der Waals surface area contributed by atoms with E-state index in [-0.39, 0.29) is 18.1 Å². The first kappa shape index (κ1) is 11.3. The summed E-state index contributed by atoms with van der Waals surface area (Å²) in [6.07, 6.45) is 0.